The van der Waals surface area contributed by atoms with Crippen LogP contribution in [0.1, 0.15) is 34.6 Å². The van der Waals surface area contributed by atoms with Crippen LogP contribution in [0, 0.1) is 5.41 Å². The molecule has 0 aromatic heterocycles. The Morgan fingerprint density at radius 2 is 1.95 bits per heavy atom. The predicted octanol–water partition coefficient (Wildman–Crippen LogP) is 1.93. The Hall–Kier alpha value is -2.24. The number of rotatable bonds is 3. The van der Waals surface area contributed by atoms with Gasteiger partial charge < -0.3 is 16.3 Å². The average molecular weight is 294 g/mol. The van der Waals surface area contributed by atoms with E-state index in [1.165, 1.54) is 6.08 Å². The average Bonchev–Trinajstić information content (AvgIpc) is 2.45. The molecule has 0 aromatic carbocycles. The van der Waals surface area contributed by atoms with Gasteiger partial charge in [0.25, 0.3) is 0 Å². The molecule has 0 atom stereocenters. The normalized spacial score (nSPS) is 15.7. The van der Waals surface area contributed by atoms with Gasteiger partial charge in [-0.15, -0.1) is 0 Å². The van der Waals surface area contributed by atoms with E-state index in [0.29, 0.717) is 11.4 Å². The van der Waals surface area contributed by atoms with Crippen molar-refractivity contribution in [3.8, 4) is 0 Å². The number of aliphatic carboxylic acids is 1. The molecule has 0 radical (unpaired) electrons. The number of allylic oxidation sites excluding steroid dienone is 3. The Balaban J connectivity index is 0.00000191. The second kappa shape index (κ2) is 8.14. The van der Waals surface area contributed by atoms with Gasteiger partial charge in [0, 0.05) is 13.2 Å². The Kier molecular flexibility index (Phi) is 7.27. The van der Waals surface area contributed by atoms with Gasteiger partial charge >= 0.3 is 5.97 Å². The number of carbonyl (C=O) groups is 1. The number of hydrazine groups is 1. The van der Waals surface area contributed by atoms with Gasteiger partial charge in [-0.25, -0.2) is 4.79 Å². The van der Waals surface area contributed by atoms with Crippen LogP contribution in [0.25, 0.3) is 0 Å². The number of nitrogens with zero attached hydrogens (tertiary/aromatic N) is 1. The zero-order chi connectivity index (χ0) is 16.6. The third kappa shape index (κ3) is 5.72. The molecule has 0 saturated heterocycles. The molecule has 118 valence electrons. The largest absolute Gasteiger partial charge is 0.477 e. The maximum Gasteiger partial charge on any atom is 0.351 e. The molecule has 1 aliphatic heterocycles. The van der Waals surface area contributed by atoms with Crippen molar-refractivity contribution in [2.45, 2.75) is 34.6 Å². The predicted molar refractivity (Wildman–Crippen MR) is 86.5 cm³/mol. The quantitative estimate of drug-likeness (QED) is 0.471. The fraction of sp³-hybridized carbons (Fsp3) is 0.467. The van der Waals surface area contributed by atoms with E-state index in [0.717, 1.165) is 5.57 Å². The first-order valence-electron chi connectivity index (χ1n) is 6.87. The summed E-state index contributed by atoms with van der Waals surface area (Å²) >= 11 is 0. The van der Waals surface area contributed by atoms with Gasteiger partial charge in [0.15, 0.2) is 0 Å². The van der Waals surface area contributed by atoms with Crippen molar-refractivity contribution in [2.75, 3.05) is 7.05 Å². The Bertz CT molecular complexity index is 494. The van der Waals surface area contributed by atoms with Gasteiger partial charge in [0.05, 0.1) is 11.4 Å². The molecule has 6 nitrogen and oxygen atoms in total. The summed E-state index contributed by atoms with van der Waals surface area (Å²) in [5.41, 5.74) is 13.2. The maximum absolute atomic E-state index is 10.7. The third-order valence-electron chi connectivity index (χ3n) is 2.66. The molecule has 1 heterocycles. The fourth-order valence-corrected chi connectivity index (χ4v) is 1.47. The van der Waals surface area contributed by atoms with E-state index in [2.05, 4.69) is 36.6 Å². The summed E-state index contributed by atoms with van der Waals surface area (Å²) in [4.78, 5) is 14.8. The highest BCUT2D eigenvalue weighted by molar-refractivity contribution is 6.11. The summed E-state index contributed by atoms with van der Waals surface area (Å²) in [6.45, 7) is 10.3. The molecule has 0 amide bonds. The van der Waals surface area contributed by atoms with E-state index in [-0.39, 0.29) is 11.1 Å². The van der Waals surface area contributed by atoms with E-state index in [4.69, 9.17) is 10.8 Å². The molecule has 5 N–H and O–H groups in total. The molecule has 0 fully saturated rings. The molecule has 0 bridgehead atoms. The summed E-state index contributed by atoms with van der Waals surface area (Å²) < 4.78 is 0. The van der Waals surface area contributed by atoms with Crippen molar-refractivity contribution in [2.24, 2.45) is 16.1 Å². The Labute approximate surface area is 126 Å². The number of aliphatic imine (C=N–C) groups is 1. The molecule has 6 heteroatoms. The number of carboxylic acid groups (broad SMARTS) is 1. The van der Waals surface area contributed by atoms with Gasteiger partial charge in [-0.1, -0.05) is 34.6 Å². The maximum atomic E-state index is 10.7. The van der Waals surface area contributed by atoms with Crippen molar-refractivity contribution in [3.05, 3.63) is 35.3 Å². The van der Waals surface area contributed by atoms with Crippen LogP contribution in [-0.4, -0.2) is 23.8 Å². The van der Waals surface area contributed by atoms with Crippen molar-refractivity contribution < 1.29 is 9.90 Å². The highest BCUT2D eigenvalue weighted by Gasteiger charge is 2.19. The van der Waals surface area contributed by atoms with Crippen molar-refractivity contribution in [1.29, 1.82) is 0 Å². The minimum Gasteiger partial charge on any atom is -0.477 e. The second-order valence-corrected chi connectivity index (χ2v) is 5.19. The summed E-state index contributed by atoms with van der Waals surface area (Å²) in [5.74, 6) is -1.17. The molecule has 0 spiro atoms. The first kappa shape index (κ1) is 18.8. The minimum absolute atomic E-state index is 0.0265. The van der Waals surface area contributed by atoms with E-state index >= 15 is 0 Å². The number of hydrogen-bond donors (Lipinski definition) is 4. The molecule has 1 aliphatic rings. The first-order valence-corrected chi connectivity index (χ1v) is 6.87. The number of hydrogen-bond acceptors (Lipinski definition) is 5. The summed E-state index contributed by atoms with van der Waals surface area (Å²) in [5, 5.41) is 8.79. The van der Waals surface area contributed by atoms with Crippen LogP contribution in [-0.2, 0) is 4.79 Å². The highest BCUT2D eigenvalue weighted by Crippen LogP contribution is 2.27. The lowest BCUT2D eigenvalue weighted by atomic mass is 9.86. The van der Waals surface area contributed by atoms with Crippen LogP contribution in [0.15, 0.2) is 40.3 Å². The smallest absolute Gasteiger partial charge is 0.351 e. The highest BCUT2D eigenvalue weighted by atomic mass is 16.4. The molecule has 1 rings (SSSR count). The second-order valence-electron chi connectivity index (χ2n) is 5.19. The van der Waals surface area contributed by atoms with Gasteiger partial charge in [-0.3, -0.25) is 10.4 Å². The van der Waals surface area contributed by atoms with Crippen molar-refractivity contribution in [3.63, 3.8) is 0 Å². The van der Waals surface area contributed by atoms with E-state index in [9.17, 15) is 4.79 Å². The third-order valence-corrected chi connectivity index (χ3v) is 2.66. The lowest BCUT2D eigenvalue weighted by Crippen LogP contribution is -2.35. The van der Waals surface area contributed by atoms with Crippen LogP contribution in [0.3, 0.4) is 0 Å². The lowest BCUT2D eigenvalue weighted by molar-refractivity contribution is -0.132. The number of nitrogens with two attached hydrogens (primary N) is 1. The molecule has 0 aromatic rings. The first-order chi connectivity index (χ1) is 9.75. The van der Waals surface area contributed by atoms with Crippen LogP contribution in [0.5, 0.6) is 0 Å². The number of nitrogens with one attached hydrogen (secondary N) is 2. The van der Waals surface area contributed by atoms with E-state index in [1.54, 1.807) is 7.05 Å². The lowest BCUT2D eigenvalue weighted by Gasteiger charge is -2.26. The molecular weight excluding hydrogens is 268 g/mol. The standard InChI is InChI=1S/C13H20N4O2.C2H6/c1-13(2,3)8-5-11(17-16-7-8)10(15-4)6-9(14)12(18)19;1-2/h5-7,16-17H,14H2,1-4H3,(H,18,19);1-2H3/b9-6-,15-10?;. The molecule has 21 heavy (non-hydrogen) atoms. The Morgan fingerprint density at radius 1 is 1.38 bits per heavy atom. The van der Waals surface area contributed by atoms with Crippen LogP contribution in [0.4, 0.5) is 0 Å². The van der Waals surface area contributed by atoms with Gasteiger partial charge in [-0.05, 0) is 23.1 Å². The molecule has 0 unspecified atom stereocenters. The van der Waals surface area contributed by atoms with Crippen LogP contribution in [0.2, 0.25) is 0 Å². The van der Waals surface area contributed by atoms with Crippen molar-refractivity contribution >= 4 is 11.7 Å². The topological polar surface area (TPSA) is 99.7 Å². The minimum atomic E-state index is -1.17. The van der Waals surface area contributed by atoms with E-state index < -0.39 is 5.97 Å². The molecular formula is C15H26N4O2. The Morgan fingerprint density at radius 3 is 2.38 bits per heavy atom. The van der Waals surface area contributed by atoms with Crippen LogP contribution < -0.4 is 16.6 Å². The molecule has 0 saturated carbocycles. The fourth-order valence-electron chi connectivity index (χ4n) is 1.47. The van der Waals surface area contributed by atoms with Gasteiger partial charge in [0.2, 0.25) is 0 Å². The monoisotopic (exact) mass is 294 g/mol. The zero-order valence-electron chi connectivity index (χ0n) is 13.6. The number of carboxylic acids is 1. The van der Waals surface area contributed by atoms with Crippen molar-refractivity contribution in [1.82, 2.24) is 10.9 Å². The summed E-state index contributed by atoms with van der Waals surface area (Å²) in [7, 11) is 1.58. The van der Waals surface area contributed by atoms with Crippen LogP contribution >= 0.6 is 0 Å². The summed E-state index contributed by atoms with van der Waals surface area (Å²) in [6.07, 6.45) is 5.11. The van der Waals surface area contributed by atoms with Gasteiger partial charge in [0.1, 0.15) is 5.70 Å². The molecule has 0 aliphatic carbocycles. The SMILES string of the molecule is CC.CN=C(/C=C(\N)C(=O)O)C1=CC(C(C)(C)C)=CNN1. The van der Waals surface area contributed by atoms with Gasteiger partial charge in [-0.2, -0.15) is 0 Å². The van der Waals surface area contributed by atoms with E-state index in [1.807, 2.05) is 26.1 Å². The summed E-state index contributed by atoms with van der Waals surface area (Å²) in [6, 6.07) is 0. The zero-order valence-corrected chi connectivity index (χ0v) is 13.6.